The molecule has 2 aliphatic heterocycles. The number of amides is 1. The van der Waals surface area contributed by atoms with E-state index in [2.05, 4.69) is 16.7 Å². The number of fused-ring (bicyclic) bond motifs is 2. The molecule has 1 spiro atoms. The highest BCUT2D eigenvalue weighted by molar-refractivity contribution is 6.07. The summed E-state index contributed by atoms with van der Waals surface area (Å²) in [5.41, 5.74) is 3.08. The van der Waals surface area contributed by atoms with Gasteiger partial charge in [0.15, 0.2) is 0 Å². The van der Waals surface area contributed by atoms with Gasteiger partial charge in [-0.15, -0.1) is 0 Å². The highest BCUT2D eigenvalue weighted by Crippen LogP contribution is 2.43. The second-order valence-corrected chi connectivity index (χ2v) is 4.46. The lowest BCUT2D eigenvalue weighted by Crippen LogP contribution is -2.36. The molecule has 0 bridgehead atoms. The molecule has 1 aromatic carbocycles. The van der Waals surface area contributed by atoms with Crippen molar-refractivity contribution in [3.05, 3.63) is 29.3 Å². The lowest BCUT2D eigenvalue weighted by atomic mass is 9.80. The molecule has 78 valence electrons. The van der Waals surface area contributed by atoms with Crippen LogP contribution in [0, 0.1) is 6.92 Å². The zero-order valence-corrected chi connectivity index (χ0v) is 8.76. The molecule has 0 aliphatic carbocycles. The monoisotopic (exact) mass is 202 g/mol. The van der Waals surface area contributed by atoms with Crippen molar-refractivity contribution < 1.29 is 4.79 Å². The Morgan fingerprint density at radius 2 is 2.27 bits per heavy atom. The number of carbonyl (C=O) groups is 1. The van der Waals surface area contributed by atoms with Gasteiger partial charge in [-0.2, -0.15) is 0 Å². The molecule has 3 rings (SSSR count). The normalized spacial score (nSPS) is 28.2. The van der Waals surface area contributed by atoms with Crippen LogP contribution in [0.3, 0.4) is 0 Å². The maximum Gasteiger partial charge on any atom is 0.236 e. The Bertz CT molecular complexity index is 433. The van der Waals surface area contributed by atoms with Crippen LogP contribution in [0.15, 0.2) is 18.2 Å². The molecule has 1 unspecified atom stereocenters. The lowest BCUT2D eigenvalue weighted by molar-refractivity contribution is -0.120. The Morgan fingerprint density at radius 3 is 3.00 bits per heavy atom. The van der Waals surface area contributed by atoms with Crippen LogP contribution in [0.1, 0.15) is 17.5 Å². The number of nitrogens with one attached hydrogen (secondary N) is 2. The van der Waals surface area contributed by atoms with Crippen molar-refractivity contribution in [2.24, 2.45) is 0 Å². The molecule has 1 saturated heterocycles. The lowest BCUT2D eigenvalue weighted by Gasteiger charge is -2.19. The van der Waals surface area contributed by atoms with Gasteiger partial charge in [-0.3, -0.25) is 4.79 Å². The molecular weight excluding hydrogens is 188 g/mol. The quantitative estimate of drug-likeness (QED) is 0.663. The van der Waals surface area contributed by atoms with E-state index >= 15 is 0 Å². The summed E-state index contributed by atoms with van der Waals surface area (Å²) < 4.78 is 0. The van der Waals surface area contributed by atoms with Crippen LogP contribution in [0.2, 0.25) is 0 Å². The van der Waals surface area contributed by atoms with Gasteiger partial charge in [0.05, 0.1) is 5.41 Å². The Hall–Kier alpha value is -1.35. The second kappa shape index (κ2) is 2.83. The van der Waals surface area contributed by atoms with E-state index < -0.39 is 0 Å². The number of aryl methyl sites for hydroxylation is 1. The fraction of sp³-hybridized carbons (Fsp3) is 0.417. The standard InChI is InChI=1S/C12H14N2O/c1-8-3-2-4-9-10(8)14-11(15)12(9)5-6-13-7-12/h2-4,13H,5-7H2,1H3,(H,14,15). The van der Waals surface area contributed by atoms with E-state index in [1.807, 2.05) is 19.1 Å². The van der Waals surface area contributed by atoms with Crippen molar-refractivity contribution in [3.8, 4) is 0 Å². The van der Waals surface area contributed by atoms with Crippen molar-refractivity contribution in [1.82, 2.24) is 5.32 Å². The summed E-state index contributed by atoms with van der Waals surface area (Å²) in [7, 11) is 0. The number of hydrogen-bond donors (Lipinski definition) is 2. The SMILES string of the molecule is Cc1cccc2c1NC(=O)C21CCNC1. The predicted octanol–water partition coefficient (Wildman–Crippen LogP) is 1.18. The topological polar surface area (TPSA) is 41.1 Å². The molecule has 15 heavy (non-hydrogen) atoms. The fourth-order valence-electron chi connectivity index (χ4n) is 2.70. The molecule has 1 aromatic rings. The minimum Gasteiger partial charge on any atom is -0.325 e. The van der Waals surface area contributed by atoms with E-state index in [1.54, 1.807) is 0 Å². The van der Waals surface area contributed by atoms with Crippen molar-refractivity contribution in [2.45, 2.75) is 18.8 Å². The maximum absolute atomic E-state index is 12.1. The highest BCUT2D eigenvalue weighted by atomic mass is 16.2. The minimum absolute atomic E-state index is 0.164. The highest BCUT2D eigenvalue weighted by Gasteiger charge is 2.48. The molecule has 0 aromatic heterocycles. The largest absolute Gasteiger partial charge is 0.325 e. The van der Waals surface area contributed by atoms with Crippen LogP contribution in [0.25, 0.3) is 0 Å². The number of anilines is 1. The van der Waals surface area contributed by atoms with Gasteiger partial charge >= 0.3 is 0 Å². The van der Waals surface area contributed by atoms with Crippen LogP contribution < -0.4 is 10.6 Å². The van der Waals surface area contributed by atoms with Gasteiger partial charge in [-0.1, -0.05) is 18.2 Å². The van der Waals surface area contributed by atoms with Gasteiger partial charge < -0.3 is 10.6 Å². The smallest absolute Gasteiger partial charge is 0.236 e. The van der Waals surface area contributed by atoms with Gasteiger partial charge in [0, 0.05) is 12.2 Å². The van der Waals surface area contributed by atoms with E-state index in [1.165, 1.54) is 5.56 Å². The predicted molar refractivity (Wildman–Crippen MR) is 59.0 cm³/mol. The number of rotatable bonds is 0. The molecule has 3 heteroatoms. The third-order valence-corrected chi connectivity index (χ3v) is 3.62. The van der Waals surface area contributed by atoms with E-state index in [4.69, 9.17) is 0 Å². The average molecular weight is 202 g/mol. The molecule has 2 aliphatic rings. The molecule has 0 saturated carbocycles. The number of benzene rings is 1. The Morgan fingerprint density at radius 1 is 1.40 bits per heavy atom. The molecule has 1 atom stereocenters. The minimum atomic E-state index is -0.290. The first-order valence-electron chi connectivity index (χ1n) is 5.36. The van der Waals surface area contributed by atoms with Crippen molar-refractivity contribution in [3.63, 3.8) is 0 Å². The first-order valence-corrected chi connectivity index (χ1v) is 5.36. The van der Waals surface area contributed by atoms with Crippen LogP contribution in [-0.4, -0.2) is 19.0 Å². The summed E-state index contributed by atoms with van der Waals surface area (Å²) in [6.45, 7) is 3.75. The van der Waals surface area contributed by atoms with Gasteiger partial charge in [0.1, 0.15) is 0 Å². The van der Waals surface area contributed by atoms with Crippen molar-refractivity contribution in [1.29, 1.82) is 0 Å². The summed E-state index contributed by atoms with van der Waals surface area (Å²) in [6.07, 6.45) is 0.912. The van der Waals surface area contributed by atoms with Gasteiger partial charge in [-0.25, -0.2) is 0 Å². The van der Waals surface area contributed by atoms with Gasteiger partial charge in [0.2, 0.25) is 5.91 Å². The fourth-order valence-corrected chi connectivity index (χ4v) is 2.70. The third-order valence-electron chi connectivity index (χ3n) is 3.62. The van der Waals surface area contributed by atoms with Crippen LogP contribution in [0.4, 0.5) is 5.69 Å². The molecule has 1 fully saturated rings. The average Bonchev–Trinajstić information content (AvgIpc) is 2.79. The van der Waals surface area contributed by atoms with Gasteiger partial charge in [-0.05, 0) is 31.0 Å². The number of para-hydroxylation sites is 1. The van der Waals surface area contributed by atoms with E-state index in [9.17, 15) is 4.79 Å². The zero-order chi connectivity index (χ0) is 10.5. The van der Waals surface area contributed by atoms with Crippen molar-refractivity contribution >= 4 is 11.6 Å². The third kappa shape index (κ3) is 1.01. The molecule has 2 heterocycles. The van der Waals surface area contributed by atoms with E-state index in [0.717, 1.165) is 30.8 Å². The van der Waals surface area contributed by atoms with Gasteiger partial charge in [0.25, 0.3) is 0 Å². The second-order valence-electron chi connectivity index (χ2n) is 4.46. The summed E-state index contributed by atoms with van der Waals surface area (Å²) in [4.78, 5) is 12.1. The van der Waals surface area contributed by atoms with E-state index in [-0.39, 0.29) is 11.3 Å². The first kappa shape index (κ1) is 8.92. The molecule has 0 radical (unpaired) electrons. The Labute approximate surface area is 88.9 Å². The maximum atomic E-state index is 12.1. The summed E-state index contributed by atoms with van der Waals surface area (Å²) in [5, 5.41) is 6.30. The number of carbonyl (C=O) groups excluding carboxylic acids is 1. The van der Waals surface area contributed by atoms with E-state index in [0.29, 0.717) is 0 Å². The summed E-state index contributed by atoms with van der Waals surface area (Å²) >= 11 is 0. The molecule has 2 N–H and O–H groups in total. The Kier molecular flexibility index (Phi) is 1.68. The summed E-state index contributed by atoms with van der Waals surface area (Å²) in [6, 6.07) is 6.16. The van der Waals surface area contributed by atoms with Crippen LogP contribution in [-0.2, 0) is 10.2 Å². The summed E-state index contributed by atoms with van der Waals surface area (Å²) in [5.74, 6) is 0.164. The molecule has 3 nitrogen and oxygen atoms in total. The van der Waals surface area contributed by atoms with Crippen molar-refractivity contribution in [2.75, 3.05) is 18.4 Å². The number of hydrogen-bond acceptors (Lipinski definition) is 2. The molecule has 1 amide bonds. The van der Waals surface area contributed by atoms with Crippen LogP contribution >= 0.6 is 0 Å². The molecular formula is C12H14N2O. The van der Waals surface area contributed by atoms with Crippen LogP contribution in [0.5, 0.6) is 0 Å². The first-order chi connectivity index (χ1) is 7.24. The Balaban J connectivity index is 2.21. The zero-order valence-electron chi connectivity index (χ0n) is 8.76.